The molecule has 174 valence electrons. The number of carbonyl (C=O) groups excluding carboxylic acids is 1. The Morgan fingerprint density at radius 2 is 1.69 bits per heavy atom. The van der Waals surface area contributed by atoms with Crippen LogP contribution >= 0.6 is 0 Å². The second kappa shape index (κ2) is 7.96. The highest BCUT2D eigenvalue weighted by Gasteiger charge is 2.36. The standard InChI is InChI=1S/C25H35N3O3S/c1-17-13-19-20(26-21-15-25(2,3)16-22(29)24(19)21)14-23(17)32(30,31)28-11-9-27(10-12-28)18-7-5-4-6-8-18/h13-14,18,26H,4-12,15-16H2,1-3H3. The maximum absolute atomic E-state index is 13.6. The molecule has 2 fully saturated rings. The van der Waals surface area contributed by atoms with Gasteiger partial charge < -0.3 is 4.98 Å². The quantitative estimate of drug-likeness (QED) is 0.747. The number of fused-ring (bicyclic) bond motifs is 3. The molecule has 1 saturated heterocycles. The number of nitrogens with one attached hydrogen (secondary N) is 1. The first-order valence-corrected chi connectivity index (χ1v) is 13.5. The minimum absolute atomic E-state index is 0.0765. The molecule has 7 heteroatoms. The molecule has 0 radical (unpaired) electrons. The van der Waals surface area contributed by atoms with E-state index in [4.69, 9.17) is 0 Å². The van der Waals surface area contributed by atoms with Crippen molar-refractivity contribution < 1.29 is 13.2 Å². The highest BCUT2D eigenvalue weighted by Crippen LogP contribution is 2.39. The van der Waals surface area contributed by atoms with Crippen molar-refractivity contribution in [3.8, 4) is 0 Å². The average molecular weight is 458 g/mol. The third-order valence-corrected chi connectivity index (χ3v) is 9.77. The van der Waals surface area contributed by atoms with Crippen molar-refractivity contribution in [3.05, 3.63) is 29.0 Å². The predicted molar refractivity (Wildman–Crippen MR) is 127 cm³/mol. The largest absolute Gasteiger partial charge is 0.358 e. The van der Waals surface area contributed by atoms with Crippen LogP contribution in [-0.2, 0) is 16.4 Å². The number of H-pyrrole nitrogens is 1. The topological polar surface area (TPSA) is 73.5 Å². The van der Waals surface area contributed by atoms with E-state index in [2.05, 4.69) is 23.7 Å². The zero-order chi connectivity index (χ0) is 22.7. The van der Waals surface area contributed by atoms with Gasteiger partial charge in [0.2, 0.25) is 10.0 Å². The summed E-state index contributed by atoms with van der Waals surface area (Å²) in [7, 11) is -3.57. The van der Waals surface area contributed by atoms with Gasteiger partial charge in [-0.2, -0.15) is 4.31 Å². The number of sulfonamides is 1. The lowest BCUT2D eigenvalue weighted by molar-refractivity contribution is 0.0913. The van der Waals surface area contributed by atoms with Gasteiger partial charge in [0.05, 0.1) is 4.90 Å². The number of hydrogen-bond donors (Lipinski definition) is 1. The first kappa shape index (κ1) is 22.1. The van der Waals surface area contributed by atoms with Gasteiger partial charge >= 0.3 is 0 Å². The second-order valence-electron chi connectivity index (χ2n) is 10.8. The summed E-state index contributed by atoms with van der Waals surface area (Å²) in [6, 6.07) is 4.27. The fourth-order valence-electron chi connectivity index (χ4n) is 6.07. The lowest BCUT2D eigenvalue weighted by atomic mass is 9.76. The summed E-state index contributed by atoms with van der Waals surface area (Å²) in [4.78, 5) is 19.1. The van der Waals surface area contributed by atoms with Crippen LogP contribution in [0.5, 0.6) is 0 Å². The van der Waals surface area contributed by atoms with Crippen molar-refractivity contribution in [2.24, 2.45) is 5.41 Å². The normalized spacial score (nSPS) is 23.5. The van der Waals surface area contributed by atoms with Gasteiger partial charge in [-0.3, -0.25) is 9.69 Å². The van der Waals surface area contributed by atoms with Crippen LogP contribution in [0, 0.1) is 12.3 Å². The molecule has 1 saturated carbocycles. The number of aromatic nitrogens is 1. The predicted octanol–water partition coefficient (Wildman–Crippen LogP) is 4.27. The van der Waals surface area contributed by atoms with E-state index >= 15 is 0 Å². The number of rotatable bonds is 3. The van der Waals surface area contributed by atoms with Crippen molar-refractivity contribution >= 4 is 26.7 Å². The Morgan fingerprint density at radius 3 is 2.38 bits per heavy atom. The smallest absolute Gasteiger partial charge is 0.243 e. The summed E-state index contributed by atoms with van der Waals surface area (Å²) in [6.07, 6.45) is 7.73. The Hall–Kier alpha value is -1.70. The SMILES string of the molecule is Cc1cc2c3c([nH]c2cc1S(=O)(=O)N1CCN(C2CCCCC2)CC1)CC(C)(C)CC3=O. The van der Waals surface area contributed by atoms with Crippen LogP contribution in [0.25, 0.3) is 10.9 Å². The molecule has 0 atom stereocenters. The number of ketones is 1. The minimum Gasteiger partial charge on any atom is -0.358 e. The summed E-state index contributed by atoms with van der Waals surface area (Å²) < 4.78 is 28.8. The number of hydrogen-bond acceptors (Lipinski definition) is 4. The number of aromatic amines is 1. The third-order valence-electron chi connectivity index (χ3n) is 7.73. The van der Waals surface area contributed by atoms with Gasteiger partial charge in [-0.1, -0.05) is 33.1 Å². The Labute approximate surface area is 191 Å². The van der Waals surface area contributed by atoms with Gasteiger partial charge in [0.1, 0.15) is 0 Å². The molecule has 1 aliphatic heterocycles. The molecular weight excluding hydrogens is 422 g/mol. The van der Waals surface area contributed by atoms with Gasteiger partial charge in [-0.05, 0) is 49.3 Å². The van der Waals surface area contributed by atoms with E-state index in [-0.39, 0.29) is 11.2 Å². The van der Waals surface area contributed by atoms with Gasteiger partial charge in [-0.15, -0.1) is 0 Å². The molecule has 3 aliphatic rings. The number of aryl methyl sites for hydroxylation is 1. The Kier molecular flexibility index (Phi) is 5.50. The zero-order valence-electron chi connectivity index (χ0n) is 19.5. The van der Waals surface area contributed by atoms with E-state index in [9.17, 15) is 13.2 Å². The molecule has 0 amide bonds. The second-order valence-corrected chi connectivity index (χ2v) is 12.7. The van der Waals surface area contributed by atoms with E-state index in [0.29, 0.717) is 36.0 Å². The van der Waals surface area contributed by atoms with Crippen molar-refractivity contribution in [1.82, 2.24) is 14.2 Å². The molecule has 2 heterocycles. The van der Waals surface area contributed by atoms with Crippen LogP contribution in [-0.4, -0.2) is 60.6 Å². The van der Waals surface area contributed by atoms with Gasteiger partial charge in [-0.25, -0.2) is 8.42 Å². The van der Waals surface area contributed by atoms with Gasteiger partial charge in [0.25, 0.3) is 0 Å². The Balaban J connectivity index is 1.42. The first-order chi connectivity index (χ1) is 15.2. The van der Waals surface area contributed by atoms with Crippen LogP contribution in [0.1, 0.15) is 74.0 Å². The van der Waals surface area contributed by atoms with Crippen molar-refractivity contribution in [2.45, 2.75) is 76.7 Å². The molecule has 0 spiro atoms. The van der Waals surface area contributed by atoms with Crippen LogP contribution < -0.4 is 0 Å². The third kappa shape index (κ3) is 3.82. The lowest BCUT2D eigenvalue weighted by Crippen LogP contribution is -2.52. The molecule has 2 aliphatic carbocycles. The van der Waals surface area contributed by atoms with Crippen LogP contribution in [0.15, 0.2) is 17.0 Å². The number of Topliss-reactive ketones (excluding diaryl/α,β-unsaturated/α-hetero) is 1. The zero-order valence-corrected chi connectivity index (χ0v) is 20.4. The van der Waals surface area contributed by atoms with Crippen LogP contribution in [0.4, 0.5) is 0 Å². The van der Waals surface area contributed by atoms with Crippen LogP contribution in [0.3, 0.4) is 0 Å². The molecule has 1 aromatic heterocycles. The summed E-state index contributed by atoms with van der Waals surface area (Å²) >= 11 is 0. The van der Waals surface area contributed by atoms with Crippen molar-refractivity contribution in [3.63, 3.8) is 0 Å². The molecule has 6 nitrogen and oxygen atoms in total. The molecule has 1 N–H and O–H groups in total. The summed E-state index contributed by atoms with van der Waals surface area (Å²) in [5, 5.41) is 0.860. The van der Waals surface area contributed by atoms with E-state index < -0.39 is 10.0 Å². The first-order valence-electron chi connectivity index (χ1n) is 12.1. The number of nitrogens with zero attached hydrogens (tertiary/aromatic N) is 2. The molecule has 5 rings (SSSR count). The molecular formula is C25H35N3O3S. The maximum atomic E-state index is 13.6. The average Bonchev–Trinajstić information content (AvgIpc) is 3.09. The molecule has 32 heavy (non-hydrogen) atoms. The number of piperazine rings is 1. The molecule has 2 aromatic rings. The fraction of sp³-hybridized carbons (Fsp3) is 0.640. The van der Waals surface area contributed by atoms with Crippen LogP contribution in [0.2, 0.25) is 0 Å². The van der Waals surface area contributed by atoms with Crippen molar-refractivity contribution in [2.75, 3.05) is 26.2 Å². The highest BCUT2D eigenvalue weighted by molar-refractivity contribution is 7.89. The van der Waals surface area contributed by atoms with Gasteiger partial charge in [0.15, 0.2) is 5.78 Å². The summed E-state index contributed by atoms with van der Waals surface area (Å²) in [5.74, 6) is 0.149. The van der Waals surface area contributed by atoms with E-state index in [1.54, 1.807) is 10.4 Å². The summed E-state index contributed by atoms with van der Waals surface area (Å²) in [5.41, 5.74) is 3.09. The minimum atomic E-state index is -3.57. The van der Waals surface area contributed by atoms with Gasteiger partial charge in [0, 0.05) is 60.8 Å². The number of benzene rings is 1. The molecule has 0 unspecified atom stereocenters. The van der Waals surface area contributed by atoms with Crippen molar-refractivity contribution in [1.29, 1.82) is 0 Å². The highest BCUT2D eigenvalue weighted by atomic mass is 32.2. The Bertz CT molecular complexity index is 1150. The van der Waals surface area contributed by atoms with E-state index in [1.807, 2.05) is 13.0 Å². The molecule has 1 aromatic carbocycles. The molecule has 0 bridgehead atoms. The fourth-order valence-corrected chi connectivity index (χ4v) is 7.73. The van der Waals surface area contributed by atoms with E-state index in [1.165, 1.54) is 32.1 Å². The number of carbonyl (C=O) groups is 1. The lowest BCUT2D eigenvalue weighted by Gasteiger charge is -2.40. The summed E-state index contributed by atoms with van der Waals surface area (Å²) in [6.45, 7) is 8.77. The Morgan fingerprint density at radius 1 is 1.00 bits per heavy atom. The maximum Gasteiger partial charge on any atom is 0.243 e. The van der Waals surface area contributed by atoms with E-state index in [0.717, 1.165) is 41.7 Å². The monoisotopic (exact) mass is 457 g/mol.